The van der Waals surface area contributed by atoms with Crippen molar-refractivity contribution < 1.29 is 9.90 Å². The van der Waals surface area contributed by atoms with Crippen molar-refractivity contribution in [3.63, 3.8) is 0 Å². The van der Waals surface area contributed by atoms with Crippen LogP contribution in [-0.2, 0) is 6.54 Å². The van der Waals surface area contributed by atoms with Crippen molar-refractivity contribution in [2.24, 2.45) is 5.10 Å². The molecule has 0 unspecified atom stereocenters. The Kier molecular flexibility index (Phi) is 6.46. The third-order valence-corrected chi connectivity index (χ3v) is 5.15. The average molecular weight is 557 g/mol. The largest absolute Gasteiger partial charge is 0.507 e. The highest BCUT2D eigenvalue weighted by atomic mass is 79.9. The van der Waals surface area contributed by atoms with Gasteiger partial charge in [0.1, 0.15) is 5.75 Å². The predicted octanol–water partition coefficient (Wildman–Crippen LogP) is 4.69. The Balaban J connectivity index is 1.68. The monoisotopic (exact) mass is 554 g/mol. The molecule has 0 atom stereocenters. The van der Waals surface area contributed by atoms with E-state index in [-0.39, 0.29) is 11.4 Å². The molecule has 0 aliphatic heterocycles. The van der Waals surface area contributed by atoms with E-state index < -0.39 is 5.91 Å². The molecule has 0 bridgehead atoms. The molecule has 0 saturated carbocycles. The van der Waals surface area contributed by atoms with Crippen LogP contribution in [-0.4, -0.2) is 27.0 Å². The van der Waals surface area contributed by atoms with Crippen LogP contribution in [0.25, 0.3) is 0 Å². The Morgan fingerprint density at radius 1 is 1.15 bits per heavy atom. The SMILES string of the molecule is O=C(N/N=C/c1cc(Br)ccc1O)c1nn(Cc2ccc(Br)cc2)cc1Br. The molecule has 2 N–H and O–H groups in total. The fraction of sp³-hybridized carbons (Fsp3) is 0.0556. The topological polar surface area (TPSA) is 79.5 Å². The van der Waals surface area contributed by atoms with Gasteiger partial charge in [0.15, 0.2) is 5.69 Å². The van der Waals surface area contributed by atoms with Crippen LogP contribution in [0.15, 0.2) is 67.2 Å². The minimum absolute atomic E-state index is 0.0659. The van der Waals surface area contributed by atoms with Gasteiger partial charge in [-0.2, -0.15) is 10.2 Å². The Bertz CT molecular complexity index is 1000. The van der Waals surface area contributed by atoms with Crippen LogP contribution >= 0.6 is 47.8 Å². The molecule has 0 aliphatic carbocycles. The van der Waals surface area contributed by atoms with Crippen LogP contribution in [0, 0.1) is 0 Å². The van der Waals surface area contributed by atoms with Crippen LogP contribution in [0.5, 0.6) is 5.75 Å². The van der Waals surface area contributed by atoms with E-state index in [0.717, 1.165) is 14.5 Å². The summed E-state index contributed by atoms with van der Waals surface area (Å²) in [5.74, 6) is -0.390. The van der Waals surface area contributed by atoms with Crippen LogP contribution in [0.4, 0.5) is 0 Å². The number of nitrogens with one attached hydrogen (secondary N) is 1. The zero-order valence-electron chi connectivity index (χ0n) is 13.7. The lowest BCUT2D eigenvalue weighted by molar-refractivity contribution is 0.0948. The highest BCUT2D eigenvalue weighted by Gasteiger charge is 2.15. The summed E-state index contributed by atoms with van der Waals surface area (Å²) in [6, 6.07) is 12.8. The first-order valence-corrected chi connectivity index (χ1v) is 10.1. The number of amides is 1. The number of hydrazone groups is 1. The van der Waals surface area contributed by atoms with Gasteiger partial charge in [0.2, 0.25) is 0 Å². The van der Waals surface area contributed by atoms with Crippen molar-refractivity contribution in [2.75, 3.05) is 0 Å². The molecule has 27 heavy (non-hydrogen) atoms. The van der Waals surface area contributed by atoms with Crippen LogP contribution < -0.4 is 5.43 Å². The Morgan fingerprint density at radius 3 is 2.59 bits per heavy atom. The molecular weight excluding hydrogens is 544 g/mol. The first kappa shape index (κ1) is 19.8. The number of halogens is 3. The van der Waals surface area contributed by atoms with Gasteiger partial charge in [-0.3, -0.25) is 9.48 Å². The lowest BCUT2D eigenvalue weighted by Crippen LogP contribution is -2.19. The van der Waals surface area contributed by atoms with Gasteiger partial charge in [0, 0.05) is 20.7 Å². The number of hydrogen-bond donors (Lipinski definition) is 2. The molecule has 0 radical (unpaired) electrons. The van der Waals surface area contributed by atoms with E-state index in [0.29, 0.717) is 16.6 Å². The number of aromatic nitrogens is 2. The quantitative estimate of drug-likeness (QED) is 0.353. The number of phenolic OH excluding ortho intramolecular Hbond substituents is 1. The highest BCUT2D eigenvalue weighted by molar-refractivity contribution is 9.11. The minimum Gasteiger partial charge on any atom is -0.507 e. The Hall–Kier alpha value is -1.97. The van der Waals surface area contributed by atoms with Crippen LogP contribution in [0.3, 0.4) is 0 Å². The molecule has 1 heterocycles. The number of carbonyl (C=O) groups excluding carboxylic acids is 1. The first-order chi connectivity index (χ1) is 12.9. The normalized spacial score (nSPS) is 11.1. The van der Waals surface area contributed by atoms with Gasteiger partial charge >= 0.3 is 0 Å². The number of aromatic hydroxyl groups is 1. The summed E-state index contributed by atoms with van der Waals surface area (Å²) < 4.78 is 4.04. The summed E-state index contributed by atoms with van der Waals surface area (Å²) in [6.45, 7) is 0.536. The summed E-state index contributed by atoms with van der Waals surface area (Å²) >= 11 is 10.1. The molecular formula is C18H13Br3N4O2. The maximum absolute atomic E-state index is 12.3. The van der Waals surface area contributed by atoms with Crippen molar-refractivity contribution in [3.05, 3.63) is 78.9 Å². The van der Waals surface area contributed by atoms with Gasteiger partial charge in [-0.25, -0.2) is 5.43 Å². The smallest absolute Gasteiger partial charge is 0.293 e. The van der Waals surface area contributed by atoms with Crippen molar-refractivity contribution in [1.82, 2.24) is 15.2 Å². The second kappa shape index (κ2) is 8.81. The van der Waals surface area contributed by atoms with E-state index in [1.807, 2.05) is 24.3 Å². The molecule has 6 nitrogen and oxygen atoms in total. The lowest BCUT2D eigenvalue weighted by atomic mass is 10.2. The summed E-state index contributed by atoms with van der Waals surface area (Å²) in [4.78, 5) is 12.3. The molecule has 0 aliphatic rings. The van der Waals surface area contributed by atoms with Crippen molar-refractivity contribution >= 4 is 59.9 Å². The summed E-state index contributed by atoms with van der Waals surface area (Å²) in [6.07, 6.45) is 3.10. The van der Waals surface area contributed by atoms with Gasteiger partial charge in [-0.15, -0.1) is 0 Å². The number of nitrogens with zero attached hydrogens (tertiary/aromatic N) is 3. The lowest BCUT2D eigenvalue weighted by Gasteiger charge is -2.02. The summed E-state index contributed by atoms with van der Waals surface area (Å²) in [7, 11) is 0. The standard InChI is InChI=1S/C18H13Br3N4O2/c19-13-3-1-11(2-4-13)9-25-10-15(21)17(24-25)18(27)23-22-8-12-7-14(20)5-6-16(12)26/h1-8,10,26H,9H2,(H,23,27)/b22-8+. The summed E-state index contributed by atoms with van der Waals surface area (Å²) in [5.41, 5.74) is 4.17. The Labute approximate surface area is 180 Å². The second-order valence-corrected chi connectivity index (χ2v) is 8.24. The fourth-order valence-corrected chi connectivity index (χ4v) is 3.39. The van der Waals surface area contributed by atoms with Crippen LogP contribution in [0.2, 0.25) is 0 Å². The number of benzene rings is 2. The van der Waals surface area contributed by atoms with Crippen molar-refractivity contribution in [2.45, 2.75) is 6.54 Å². The molecule has 1 amide bonds. The Morgan fingerprint density at radius 2 is 1.85 bits per heavy atom. The maximum atomic E-state index is 12.3. The molecule has 0 spiro atoms. The highest BCUT2D eigenvalue weighted by Crippen LogP contribution is 2.20. The zero-order chi connectivity index (χ0) is 19.4. The number of hydrogen-bond acceptors (Lipinski definition) is 4. The number of rotatable bonds is 5. The predicted molar refractivity (Wildman–Crippen MR) is 114 cm³/mol. The van der Waals surface area contributed by atoms with E-state index in [2.05, 4.69) is 63.4 Å². The first-order valence-electron chi connectivity index (χ1n) is 7.71. The van der Waals surface area contributed by atoms with Gasteiger partial charge < -0.3 is 5.11 Å². The third-order valence-electron chi connectivity index (χ3n) is 3.55. The fourth-order valence-electron chi connectivity index (χ4n) is 2.25. The number of carbonyl (C=O) groups is 1. The van der Waals surface area contributed by atoms with Gasteiger partial charge in [0.25, 0.3) is 5.91 Å². The van der Waals surface area contributed by atoms with E-state index in [9.17, 15) is 9.90 Å². The van der Waals surface area contributed by atoms with Gasteiger partial charge in [-0.05, 0) is 51.8 Å². The van der Waals surface area contributed by atoms with Gasteiger partial charge in [-0.1, -0.05) is 44.0 Å². The molecule has 138 valence electrons. The van der Waals surface area contributed by atoms with E-state index in [4.69, 9.17) is 0 Å². The maximum Gasteiger partial charge on any atom is 0.293 e. The molecule has 3 rings (SSSR count). The second-order valence-electron chi connectivity index (χ2n) is 5.55. The molecule has 9 heteroatoms. The minimum atomic E-state index is -0.456. The molecule has 3 aromatic rings. The van der Waals surface area contributed by atoms with Crippen molar-refractivity contribution in [1.29, 1.82) is 0 Å². The molecule has 0 saturated heterocycles. The zero-order valence-corrected chi connectivity index (χ0v) is 18.5. The van der Waals surface area contributed by atoms with Crippen LogP contribution in [0.1, 0.15) is 21.6 Å². The molecule has 0 fully saturated rings. The molecule has 1 aromatic heterocycles. The van der Waals surface area contributed by atoms with Gasteiger partial charge in [0.05, 0.1) is 17.2 Å². The molecule has 2 aromatic carbocycles. The van der Waals surface area contributed by atoms with Crippen molar-refractivity contribution in [3.8, 4) is 5.75 Å². The summed E-state index contributed by atoms with van der Waals surface area (Å²) in [5, 5.41) is 18.0. The third kappa shape index (κ3) is 5.27. The van der Waals surface area contributed by atoms with E-state index in [1.54, 1.807) is 23.0 Å². The average Bonchev–Trinajstić information content (AvgIpc) is 3.00. The van der Waals surface area contributed by atoms with E-state index in [1.165, 1.54) is 12.3 Å². The van der Waals surface area contributed by atoms with E-state index >= 15 is 0 Å². The number of phenols is 1.